The van der Waals surface area contributed by atoms with Crippen LogP contribution in [0.15, 0.2) is 60.8 Å². The molecule has 0 bridgehead atoms. The molecule has 3 aromatic rings. The molecule has 1 aliphatic rings. The van der Waals surface area contributed by atoms with E-state index in [2.05, 4.69) is 64.9 Å². The maximum absolute atomic E-state index is 4.21. The lowest BCUT2D eigenvalue weighted by Crippen LogP contribution is -2.28. The van der Waals surface area contributed by atoms with E-state index in [1.54, 1.807) is 6.20 Å². The molecule has 3 heteroatoms. The van der Waals surface area contributed by atoms with Crippen LogP contribution in [0.2, 0.25) is 0 Å². The van der Waals surface area contributed by atoms with Crippen LogP contribution in [0.25, 0.3) is 11.3 Å². The molecule has 1 aliphatic heterocycles. The molecule has 0 radical (unpaired) electrons. The summed E-state index contributed by atoms with van der Waals surface area (Å²) >= 11 is 0. The first-order valence-electron chi connectivity index (χ1n) is 7.99. The number of hydrogen-bond acceptors (Lipinski definition) is 3. The zero-order valence-electron chi connectivity index (χ0n) is 13.2. The smallest absolute Gasteiger partial charge is 0.0929 e. The Kier molecular flexibility index (Phi) is 3.64. The van der Waals surface area contributed by atoms with Gasteiger partial charge in [-0.25, -0.2) is 0 Å². The molecule has 1 unspecified atom stereocenters. The van der Waals surface area contributed by atoms with E-state index in [0.717, 1.165) is 24.3 Å². The molecular formula is C20H19N3. The summed E-state index contributed by atoms with van der Waals surface area (Å²) in [6.07, 6.45) is 1.71. The number of hydrogen-bond donors (Lipinski definition) is 1. The molecule has 0 spiro atoms. The average molecular weight is 301 g/mol. The maximum atomic E-state index is 4.21. The minimum atomic E-state index is 0.412. The highest BCUT2D eigenvalue weighted by Crippen LogP contribution is 2.32. The molecular weight excluding hydrogens is 282 g/mol. The highest BCUT2D eigenvalue weighted by atomic mass is 15.1. The summed E-state index contributed by atoms with van der Waals surface area (Å²) in [7, 11) is 0. The number of benzene rings is 2. The highest BCUT2D eigenvalue weighted by Gasteiger charge is 2.21. The quantitative estimate of drug-likeness (QED) is 0.784. The van der Waals surface area contributed by atoms with Crippen LogP contribution in [0, 0.1) is 6.92 Å². The van der Waals surface area contributed by atoms with Gasteiger partial charge in [-0.1, -0.05) is 42.0 Å². The summed E-state index contributed by atoms with van der Waals surface area (Å²) in [5, 5.41) is 11.7. The van der Waals surface area contributed by atoms with Crippen LogP contribution in [-0.4, -0.2) is 16.7 Å². The molecule has 3 nitrogen and oxygen atoms in total. The summed E-state index contributed by atoms with van der Waals surface area (Å²) < 4.78 is 0. The number of nitrogens with zero attached hydrogens (tertiary/aromatic N) is 2. The summed E-state index contributed by atoms with van der Waals surface area (Å²) in [5.41, 5.74) is 7.49. The normalized spacial score (nSPS) is 16.8. The van der Waals surface area contributed by atoms with Crippen LogP contribution >= 0.6 is 0 Å². The summed E-state index contributed by atoms with van der Waals surface area (Å²) in [6, 6.07) is 19.5. The van der Waals surface area contributed by atoms with Gasteiger partial charge in [0.2, 0.25) is 0 Å². The fourth-order valence-corrected chi connectivity index (χ4v) is 3.27. The van der Waals surface area contributed by atoms with Crippen molar-refractivity contribution in [2.45, 2.75) is 19.4 Å². The van der Waals surface area contributed by atoms with E-state index in [1.165, 1.54) is 22.3 Å². The highest BCUT2D eigenvalue weighted by molar-refractivity contribution is 5.61. The SMILES string of the molecule is Cc1ccc(C2CNCc3cc(-c4cccnn4)ccc32)cc1. The Hall–Kier alpha value is -2.52. The Balaban J connectivity index is 1.73. The zero-order valence-corrected chi connectivity index (χ0v) is 13.2. The van der Waals surface area contributed by atoms with Crippen molar-refractivity contribution in [3.05, 3.63) is 83.0 Å². The minimum Gasteiger partial charge on any atom is -0.312 e. The fraction of sp³-hybridized carbons (Fsp3) is 0.200. The third-order valence-corrected chi connectivity index (χ3v) is 4.53. The zero-order chi connectivity index (χ0) is 15.6. The molecule has 0 saturated carbocycles. The van der Waals surface area contributed by atoms with Crippen molar-refractivity contribution < 1.29 is 0 Å². The van der Waals surface area contributed by atoms with Gasteiger partial charge in [0.05, 0.1) is 5.69 Å². The van der Waals surface area contributed by atoms with E-state index < -0.39 is 0 Å². The molecule has 0 saturated heterocycles. The van der Waals surface area contributed by atoms with E-state index >= 15 is 0 Å². The van der Waals surface area contributed by atoms with Crippen LogP contribution in [0.3, 0.4) is 0 Å². The van der Waals surface area contributed by atoms with Crippen LogP contribution in [0.1, 0.15) is 28.2 Å². The second-order valence-electron chi connectivity index (χ2n) is 6.12. The predicted octanol–water partition coefficient (Wildman–Crippen LogP) is 3.69. The van der Waals surface area contributed by atoms with E-state index in [9.17, 15) is 0 Å². The first-order valence-corrected chi connectivity index (χ1v) is 7.99. The van der Waals surface area contributed by atoms with Crippen molar-refractivity contribution in [3.8, 4) is 11.3 Å². The van der Waals surface area contributed by atoms with Gasteiger partial charge in [0, 0.05) is 30.8 Å². The molecule has 114 valence electrons. The lowest BCUT2D eigenvalue weighted by Gasteiger charge is -2.27. The van der Waals surface area contributed by atoms with Gasteiger partial charge in [-0.2, -0.15) is 10.2 Å². The van der Waals surface area contributed by atoms with E-state index in [4.69, 9.17) is 0 Å². The molecule has 4 rings (SSSR count). The summed E-state index contributed by atoms with van der Waals surface area (Å²) in [6.45, 7) is 4.02. The monoisotopic (exact) mass is 301 g/mol. The lowest BCUT2D eigenvalue weighted by atomic mass is 9.84. The maximum Gasteiger partial charge on any atom is 0.0929 e. The summed E-state index contributed by atoms with van der Waals surface area (Å²) in [4.78, 5) is 0. The topological polar surface area (TPSA) is 37.8 Å². The van der Waals surface area contributed by atoms with Crippen molar-refractivity contribution in [1.82, 2.24) is 15.5 Å². The van der Waals surface area contributed by atoms with Crippen molar-refractivity contribution in [2.24, 2.45) is 0 Å². The van der Waals surface area contributed by atoms with Crippen molar-refractivity contribution in [3.63, 3.8) is 0 Å². The molecule has 0 fully saturated rings. The van der Waals surface area contributed by atoms with Gasteiger partial charge in [0.1, 0.15) is 0 Å². The summed E-state index contributed by atoms with van der Waals surface area (Å²) in [5.74, 6) is 0.412. The van der Waals surface area contributed by atoms with Gasteiger partial charge in [0.25, 0.3) is 0 Å². The Labute approximate surface area is 136 Å². The van der Waals surface area contributed by atoms with Gasteiger partial charge >= 0.3 is 0 Å². The largest absolute Gasteiger partial charge is 0.312 e. The fourth-order valence-electron chi connectivity index (χ4n) is 3.27. The molecule has 23 heavy (non-hydrogen) atoms. The third kappa shape index (κ3) is 2.76. The second-order valence-corrected chi connectivity index (χ2v) is 6.12. The standard InChI is InChI=1S/C20H19N3/c1-14-4-6-15(7-5-14)19-13-21-12-17-11-16(8-9-18(17)19)20-3-2-10-22-23-20/h2-11,19,21H,12-13H2,1H3. The van der Waals surface area contributed by atoms with Crippen LogP contribution in [0.4, 0.5) is 0 Å². The second kappa shape index (κ2) is 5.94. The average Bonchev–Trinajstić information content (AvgIpc) is 2.62. The predicted molar refractivity (Wildman–Crippen MR) is 92.2 cm³/mol. The number of fused-ring (bicyclic) bond motifs is 1. The lowest BCUT2D eigenvalue weighted by molar-refractivity contribution is 0.591. The van der Waals surface area contributed by atoms with Crippen molar-refractivity contribution in [2.75, 3.05) is 6.54 Å². The number of nitrogens with one attached hydrogen (secondary N) is 1. The third-order valence-electron chi connectivity index (χ3n) is 4.53. The molecule has 0 aliphatic carbocycles. The van der Waals surface area contributed by atoms with Gasteiger partial charge in [-0.3, -0.25) is 0 Å². The first-order chi connectivity index (χ1) is 11.3. The van der Waals surface area contributed by atoms with E-state index in [-0.39, 0.29) is 0 Å². The van der Waals surface area contributed by atoms with E-state index in [1.807, 2.05) is 12.1 Å². The number of rotatable bonds is 2. The molecule has 1 N–H and O–H groups in total. The van der Waals surface area contributed by atoms with Gasteiger partial charge in [0.15, 0.2) is 0 Å². The van der Waals surface area contributed by atoms with Crippen LogP contribution < -0.4 is 5.32 Å². The first kappa shape index (κ1) is 14.1. The molecule has 1 aromatic heterocycles. The van der Waals surface area contributed by atoms with Crippen molar-refractivity contribution >= 4 is 0 Å². The molecule has 2 aromatic carbocycles. The Morgan fingerprint density at radius 1 is 1.04 bits per heavy atom. The van der Waals surface area contributed by atoms with E-state index in [0.29, 0.717) is 5.92 Å². The van der Waals surface area contributed by atoms with Crippen LogP contribution in [-0.2, 0) is 6.54 Å². The van der Waals surface area contributed by atoms with Crippen LogP contribution in [0.5, 0.6) is 0 Å². The minimum absolute atomic E-state index is 0.412. The number of aryl methyl sites for hydroxylation is 1. The Bertz CT molecular complexity index is 810. The Morgan fingerprint density at radius 2 is 1.91 bits per heavy atom. The number of aromatic nitrogens is 2. The Morgan fingerprint density at radius 3 is 2.70 bits per heavy atom. The van der Waals surface area contributed by atoms with Gasteiger partial charge < -0.3 is 5.32 Å². The molecule has 0 amide bonds. The van der Waals surface area contributed by atoms with Gasteiger partial charge in [-0.15, -0.1) is 0 Å². The molecule has 1 atom stereocenters. The van der Waals surface area contributed by atoms with Crippen molar-refractivity contribution in [1.29, 1.82) is 0 Å². The van der Waals surface area contributed by atoms with Gasteiger partial charge in [-0.05, 0) is 41.8 Å². The molecule has 2 heterocycles.